The summed E-state index contributed by atoms with van der Waals surface area (Å²) in [6, 6.07) is 2.46. The molecule has 5 amide bonds. The van der Waals surface area contributed by atoms with Crippen molar-refractivity contribution in [1.29, 1.82) is 0 Å². The Hall–Kier alpha value is -3.10. The molecule has 1 saturated heterocycles. The van der Waals surface area contributed by atoms with Crippen molar-refractivity contribution in [3.63, 3.8) is 0 Å². The van der Waals surface area contributed by atoms with E-state index in [0.29, 0.717) is 16.2 Å². The monoisotopic (exact) mass is 320 g/mol. The molecule has 0 spiro atoms. The number of urea groups is 2. The van der Waals surface area contributed by atoms with E-state index in [1.54, 1.807) is 25.1 Å². The molecule has 0 aromatic heterocycles. The van der Waals surface area contributed by atoms with Gasteiger partial charge >= 0.3 is 18.0 Å². The summed E-state index contributed by atoms with van der Waals surface area (Å²) in [5, 5.41) is 13.9. The number of carbonyl (C=O) groups excluding carboxylic acids is 3. The van der Waals surface area contributed by atoms with Crippen molar-refractivity contribution in [2.75, 3.05) is 5.32 Å². The average molecular weight is 320 g/mol. The molecular formula is C14H16N4O5. The smallest absolute Gasteiger partial charge is 0.329 e. The summed E-state index contributed by atoms with van der Waals surface area (Å²) in [6.45, 7) is 1.98. The van der Waals surface area contributed by atoms with Gasteiger partial charge in [-0.2, -0.15) is 0 Å². The van der Waals surface area contributed by atoms with Crippen LogP contribution in [0.4, 0.5) is 15.3 Å². The van der Waals surface area contributed by atoms with E-state index in [1.807, 2.05) is 0 Å². The Morgan fingerprint density at radius 2 is 2.09 bits per heavy atom. The molecule has 1 aliphatic rings. The number of anilines is 1. The number of hydrogen-bond acceptors (Lipinski definition) is 4. The summed E-state index contributed by atoms with van der Waals surface area (Å²) in [5.41, 5.74) is 6.91. The fraction of sp³-hybridized carbons (Fsp3) is 0.286. The second-order valence-electron chi connectivity index (χ2n) is 5.12. The highest BCUT2D eigenvalue weighted by Crippen LogP contribution is 2.23. The number of hydrogen-bond donors (Lipinski definition) is 4. The van der Waals surface area contributed by atoms with E-state index in [-0.39, 0.29) is 13.0 Å². The SMILES string of the molecule is Cc1cc(CNC(N)=O)ccc1NC(=O)N1C(=O)CC1C(=O)O. The molecule has 0 aliphatic carbocycles. The lowest BCUT2D eigenvalue weighted by Crippen LogP contribution is -2.60. The Balaban J connectivity index is 2.05. The molecule has 1 fully saturated rings. The number of nitrogens with zero attached hydrogens (tertiary/aromatic N) is 1. The summed E-state index contributed by atoms with van der Waals surface area (Å²) in [6.07, 6.45) is -0.181. The number of likely N-dealkylation sites (tertiary alicyclic amines) is 1. The van der Waals surface area contributed by atoms with E-state index in [2.05, 4.69) is 10.6 Å². The van der Waals surface area contributed by atoms with E-state index >= 15 is 0 Å². The van der Waals surface area contributed by atoms with Crippen LogP contribution < -0.4 is 16.4 Å². The molecule has 0 radical (unpaired) electrons. The minimum Gasteiger partial charge on any atom is -0.480 e. The molecule has 122 valence electrons. The number of rotatable bonds is 4. The number of carboxylic acids is 1. The van der Waals surface area contributed by atoms with Gasteiger partial charge in [-0.1, -0.05) is 12.1 Å². The zero-order chi connectivity index (χ0) is 17.1. The van der Waals surface area contributed by atoms with E-state index < -0.39 is 30.0 Å². The molecule has 2 rings (SSSR count). The molecule has 9 nitrogen and oxygen atoms in total. The Labute approximate surface area is 131 Å². The highest BCUT2D eigenvalue weighted by Gasteiger charge is 2.45. The van der Waals surface area contributed by atoms with Crippen molar-refractivity contribution < 1.29 is 24.3 Å². The molecular weight excluding hydrogens is 304 g/mol. The van der Waals surface area contributed by atoms with Crippen molar-refractivity contribution in [2.45, 2.75) is 25.9 Å². The van der Waals surface area contributed by atoms with Crippen LogP contribution in [0.25, 0.3) is 0 Å². The first-order valence-corrected chi connectivity index (χ1v) is 6.78. The second kappa shape index (κ2) is 6.34. The van der Waals surface area contributed by atoms with Crippen LogP contribution in [0.2, 0.25) is 0 Å². The summed E-state index contributed by atoms with van der Waals surface area (Å²) in [7, 11) is 0. The van der Waals surface area contributed by atoms with Crippen LogP contribution in [0.1, 0.15) is 17.5 Å². The maximum Gasteiger partial charge on any atom is 0.329 e. The van der Waals surface area contributed by atoms with Crippen LogP contribution in [-0.4, -0.2) is 40.0 Å². The summed E-state index contributed by atoms with van der Waals surface area (Å²) in [5.74, 6) is -1.75. The lowest BCUT2D eigenvalue weighted by Gasteiger charge is -2.35. The van der Waals surface area contributed by atoms with Gasteiger partial charge in [-0.25, -0.2) is 19.3 Å². The lowest BCUT2D eigenvalue weighted by atomic mass is 10.0. The zero-order valence-electron chi connectivity index (χ0n) is 12.3. The van der Waals surface area contributed by atoms with E-state index in [9.17, 15) is 19.2 Å². The zero-order valence-corrected chi connectivity index (χ0v) is 12.3. The van der Waals surface area contributed by atoms with Gasteiger partial charge in [-0.3, -0.25) is 4.79 Å². The summed E-state index contributed by atoms with van der Waals surface area (Å²) in [4.78, 5) is 45.7. The third-order valence-corrected chi connectivity index (χ3v) is 3.45. The van der Waals surface area contributed by atoms with Gasteiger partial charge in [0.1, 0.15) is 6.04 Å². The largest absolute Gasteiger partial charge is 0.480 e. The Morgan fingerprint density at radius 1 is 1.39 bits per heavy atom. The maximum atomic E-state index is 12.0. The number of benzene rings is 1. The summed E-state index contributed by atoms with van der Waals surface area (Å²) >= 11 is 0. The molecule has 5 N–H and O–H groups in total. The quantitative estimate of drug-likeness (QED) is 0.593. The van der Waals surface area contributed by atoms with E-state index in [1.165, 1.54) is 0 Å². The molecule has 1 aliphatic heterocycles. The fourth-order valence-electron chi connectivity index (χ4n) is 2.21. The number of primary amides is 1. The molecule has 1 aromatic carbocycles. The average Bonchev–Trinajstić information content (AvgIpc) is 2.44. The van der Waals surface area contributed by atoms with Crippen molar-refractivity contribution in [1.82, 2.24) is 10.2 Å². The minimum absolute atomic E-state index is 0.181. The van der Waals surface area contributed by atoms with Gasteiger partial charge in [-0.05, 0) is 24.1 Å². The number of carbonyl (C=O) groups is 4. The molecule has 9 heteroatoms. The van der Waals surface area contributed by atoms with Crippen molar-refractivity contribution in [2.24, 2.45) is 5.73 Å². The van der Waals surface area contributed by atoms with Gasteiger partial charge in [0.05, 0.1) is 6.42 Å². The van der Waals surface area contributed by atoms with Crippen LogP contribution in [-0.2, 0) is 16.1 Å². The fourth-order valence-corrected chi connectivity index (χ4v) is 2.21. The molecule has 0 saturated carbocycles. The Kier molecular flexibility index (Phi) is 4.49. The standard InChI is InChI=1S/C14H16N4O5/c1-7-4-8(6-16-13(15)22)2-3-9(7)17-14(23)18-10(12(20)21)5-11(18)19/h2-4,10H,5-6H2,1H3,(H,17,23)(H,20,21)(H3,15,16,22). The predicted molar refractivity (Wildman–Crippen MR) is 79.5 cm³/mol. The normalized spacial score (nSPS) is 16.5. The number of nitrogens with two attached hydrogens (primary N) is 1. The van der Waals surface area contributed by atoms with Crippen LogP contribution in [0, 0.1) is 6.92 Å². The Morgan fingerprint density at radius 3 is 2.61 bits per heavy atom. The first-order valence-electron chi connectivity index (χ1n) is 6.78. The van der Waals surface area contributed by atoms with Crippen LogP contribution in [0.5, 0.6) is 0 Å². The van der Waals surface area contributed by atoms with Gasteiger partial charge in [0.15, 0.2) is 0 Å². The summed E-state index contributed by atoms with van der Waals surface area (Å²) < 4.78 is 0. The van der Waals surface area contributed by atoms with Crippen molar-refractivity contribution in [3.05, 3.63) is 29.3 Å². The Bertz CT molecular complexity index is 688. The van der Waals surface area contributed by atoms with Gasteiger partial charge in [0.2, 0.25) is 5.91 Å². The highest BCUT2D eigenvalue weighted by atomic mass is 16.4. The third-order valence-electron chi connectivity index (χ3n) is 3.45. The van der Waals surface area contributed by atoms with E-state index in [0.717, 1.165) is 5.56 Å². The molecule has 1 aromatic rings. The molecule has 1 unspecified atom stereocenters. The topological polar surface area (TPSA) is 142 Å². The number of amides is 5. The van der Waals surface area contributed by atoms with Crippen LogP contribution in [0.15, 0.2) is 18.2 Å². The van der Waals surface area contributed by atoms with Crippen molar-refractivity contribution in [3.8, 4) is 0 Å². The number of aryl methyl sites for hydroxylation is 1. The highest BCUT2D eigenvalue weighted by molar-refractivity contribution is 6.09. The van der Waals surface area contributed by atoms with Gasteiger partial charge < -0.3 is 21.5 Å². The third kappa shape index (κ3) is 3.57. The second-order valence-corrected chi connectivity index (χ2v) is 5.12. The predicted octanol–water partition coefficient (Wildman–Crippen LogP) is 0.381. The minimum atomic E-state index is -1.22. The maximum absolute atomic E-state index is 12.0. The molecule has 0 bridgehead atoms. The van der Waals surface area contributed by atoms with Gasteiger partial charge in [0, 0.05) is 12.2 Å². The van der Waals surface area contributed by atoms with E-state index in [4.69, 9.17) is 10.8 Å². The molecule has 23 heavy (non-hydrogen) atoms. The first-order chi connectivity index (χ1) is 10.8. The number of aliphatic carboxylic acids is 1. The van der Waals surface area contributed by atoms with Crippen LogP contribution in [0.3, 0.4) is 0 Å². The number of β-lactam (4-membered cyclic amide) rings is 1. The number of carboxylic acid groups (broad SMARTS) is 1. The number of nitrogens with one attached hydrogen (secondary N) is 2. The van der Waals surface area contributed by atoms with Crippen LogP contribution >= 0.6 is 0 Å². The van der Waals surface area contributed by atoms with Crippen molar-refractivity contribution >= 4 is 29.6 Å². The first kappa shape index (κ1) is 16.3. The molecule has 1 heterocycles. The van der Waals surface area contributed by atoms with Gasteiger partial charge in [-0.15, -0.1) is 0 Å². The molecule has 1 atom stereocenters. The number of imide groups is 1. The van der Waals surface area contributed by atoms with Gasteiger partial charge in [0.25, 0.3) is 0 Å². The lowest BCUT2D eigenvalue weighted by molar-refractivity contribution is -0.157.